The maximum Gasteiger partial charge on any atom is 0.224 e. The highest BCUT2D eigenvalue weighted by Crippen LogP contribution is 2.18. The summed E-state index contributed by atoms with van der Waals surface area (Å²) in [6.45, 7) is 4.22. The first-order valence-electron chi connectivity index (χ1n) is 5.77. The fraction of sp³-hybridized carbons (Fsp3) is 0.462. The fourth-order valence-electron chi connectivity index (χ4n) is 1.72. The normalized spacial score (nSPS) is 11.4. The van der Waals surface area contributed by atoms with Gasteiger partial charge in [0.05, 0.1) is 11.4 Å². The van der Waals surface area contributed by atoms with Crippen LogP contribution in [0.1, 0.15) is 33.1 Å². The Morgan fingerprint density at radius 2 is 2.06 bits per heavy atom. The van der Waals surface area contributed by atoms with Gasteiger partial charge in [0.1, 0.15) is 0 Å². The van der Waals surface area contributed by atoms with E-state index in [1.807, 2.05) is 18.2 Å². The molecule has 0 saturated carbocycles. The Bertz CT molecular complexity index is 355. The number of anilines is 2. The van der Waals surface area contributed by atoms with Gasteiger partial charge in [0.15, 0.2) is 0 Å². The van der Waals surface area contributed by atoms with Gasteiger partial charge in [-0.1, -0.05) is 38.8 Å². The third-order valence-electron chi connectivity index (χ3n) is 2.55. The van der Waals surface area contributed by atoms with E-state index >= 15 is 0 Å². The second-order valence-corrected chi connectivity index (χ2v) is 4.23. The monoisotopic (exact) mass is 256 g/mol. The number of carbonyl (C=O) groups is 1. The Balaban J connectivity index is 0.00000256. The van der Waals surface area contributed by atoms with E-state index in [4.69, 9.17) is 5.73 Å². The molecule has 1 atom stereocenters. The lowest BCUT2D eigenvalue weighted by Gasteiger charge is -2.11. The van der Waals surface area contributed by atoms with Gasteiger partial charge in [0.2, 0.25) is 5.91 Å². The van der Waals surface area contributed by atoms with Gasteiger partial charge in [-0.2, -0.15) is 0 Å². The Kier molecular flexibility index (Phi) is 7.39. The van der Waals surface area contributed by atoms with Crippen molar-refractivity contribution in [3.63, 3.8) is 0 Å². The van der Waals surface area contributed by atoms with Crippen LogP contribution in [0.15, 0.2) is 24.3 Å². The minimum atomic E-state index is 0. The molecule has 0 spiro atoms. The summed E-state index contributed by atoms with van der Waals surface area (Å²) >= 11 is 0. The van der Waals surface area contributed by atoms with Gasteiger partial charge >= 0.3 is 0 Å². The van der Waals surface area contributed by atoms with Gasteiger partial charge < -0.3 is 11.1 Å². The summed E-state index contributed by atoms with van der Waals surface area (Å²) in [5.74, 6) is 0.466. The second kappa shape index (κ2) is 7.96. The number of benzene rings is 1. The summed E-state index contributed by atoms with van der Waals surface area (Å²) in [5.41, 5.74) is 7.06. The molecule has 17 heavy (non-hydrogen) atoms. The third-order valence-corrected chi connectivity index (χ3v) is 2.55. The van der Waals surface area contributed by atoms with Crippen molar-refractivity contribution in [3.8, 4) is 0 Å². The molecule has 96 valence electrons. The van der Waals surface area contributed by atoms with Gasteiger partial charge in [-0.3, -0.25) is 4.79 Å². The molecular weight excluding hydrogens is 236 g/mol. The Labute approximate surface area is 109 Å². The van der Waals surface area contributed by atoms with Crippen molar-refractivity contribution in [2.75, 3.05) is 11.1 Å². The molecule has 1 aromatic rings. The first-order chi connectivity index (χ1) is 7.63. The van der Waals surface area contributed by atoms with Crippen molar-refractivity contribution in [1.29, 1.82) is 0 Å². The molecule has 0 aliphatic rings. The van der Waals surface area contributed by atoms with Crippen LogP contribution in [0.3, 0.4) is 0 Å². The lowest BCUT2D eigenvalue weighted by Crippen LogP contribution is -2.15. The minimum absolute atomic E-state index is 0. The predicted molar refractivity (Wildman–Crippen MR) is 75.4 cm³/mol. The van der Waals surface area contributed by atoms with Crippen LogP contribution >= 0.6 is 12.4 Å². The molecule has 0 aliphatic heterocycles. The van der Waals surface area contributed by atoms with Crippen LogP contribution in [0.25, 0.3) is 0 Å². The lowest BCUT2D eigenvalue weighted by molar-refractivity contribution is -0.117. The number of hydrogen-bond acceptors (Lipinski definition) is 2. The van der Waals surface area contributed by atoms with E-state index in [0.29, 0.717) is 23.7 Å². The molecule has 0 fully saturated rings. The molecule has 1 aromatic carbocycles. The van der Waals surface area contributed by atoms with Crippen molar-refractivity contribution in [2.45, 2.75) is 33.1 Å². The summed E-state index contributed by atoms with van der Waals surface area (Å²) in [4.78, 5) is 11.7. The molecular formula is C13H21ClN2O. The highest BCUT2D eigenvalue weighted by atomic mass is 35.5. The maximum atomic E-state index is 11.7. The molecule has 0 saturated heterocycles. The minimum Gasteiger partial charge on any atom is -0.397 e. The number of rotatable bonds is 5. The molecule has 0 heterocycles. The second-order valence-electron chi connectivity index (χ2n) is 4.23. The Hall–Kier alpha value is -1.22. The average Bonchev–Trinajstić information content (AvgIpc) is 2.21. The van der Waals surface area contributed by atoms with Gasteiger partial charge in [0, 0.05) is 6.42 Å². The van der Waals surface area contributed by atoms with E-state index in [0.717, 1.165) is 12.8 Å². The molecule has 1 unspecified atom stereocenters. The summed E-state index contributed by atoms with van der Waals surface area (Å²) in [6, 6.07) is 7.31. The van der Waals surface area contributed by atoms with Crippen molar-refractivity contribution in [3.05, 3.63) is 24.3 Å². The van der Waals surface area contributed by atoms with Crippen LogP contribution in [0, 0.1) is 5.92 Å². The zero-order valence-corrected chi connectivity index (χ0v) is 11.2. The van der Waals surface area contributed by atoms with Crippen LogP contribution in [0.2, 0.25) is 0 Å². The van der Waals surface area contributed by atoms with Crippen LogP contribution < -0.4 is 11.1 Å². The predicted octanol–water partition coefficient (Wildman–Crippen LogP) is 3.46. The van der Waals surface area contributed by atoms with Gasteiger partial charge in [-0.05, 0) is 18.1 Å². The van der Waals surface area contributed by atoms with Gasteiger partial charge in [-0.15, -0.1) is 12.4 Å². The highest BCUT2D eigenvalue weighted by Gasteiger charge is 2.09. The van der Waals surface area contributed by atoms with E-state index in [2.05, 4.69) is 19.2 Å². The number of nitrogens with one attached hydrogen (secondary N) is 1. The van der Waals surface area contributed by atoms with Crippen molar-refractivity contribution in [1.82, 2.24) is 0 Å². The van der Waals surface area contributed by atoms with E-state index < -0.39 is 0 Å². The summed E-state index contributed by atoms with van der Waals surface area (Å²) < 4.78 is 0. The molecule has 0 aromatic heterocycles. The molecule has 0 bridgehead atoms. The van der Waals surface area contributed by atoms with Crippen molar-refractivity contribution < 1.29 is 4.79 Å². The summed E-state index contributed by atoms with van der Waals surface area (Å²) in [7, 11) is 0. The number of halogens is 1. The summed E-state index contributed by atoms with van der Waals surface area (Å²) in [6.07, 6.45) is 2.75. The number of hydrogen-bond donors (Lipinski definition) is 2. The maximum absolute atomic E-state index is 11.7. The number of carbonyl (C=O) groups excluding carboxylic acids is 1. The van der Waals surface area contributed by atoms with E-state index in [9.17, 15) is 4.79 Å². The number of nitrogen functional groups attached to an aromatic ring is 1. The largest absolute Gasteiger partial charge is 0.397 e. The average molecular weight is 257 g/mol. The van der Waals surface area contributed by atoms with E-state index in [1.54, 1.807) is 6.07 Å². The van der Waals surface area contributed by atoms with Crippen LogP contribution in [-0.4, -0.2) is 5.91 Å². The van der Waals surface area contributed by atoms with Gasteiger partial charge in [-0.25, -0.2) is 0 Å². The molecule has 3 N–H and O–H groups in total. The first-order valence-corrected chi connectivity index (χ1v) is 5.77. The third kappa shape index (κ3) is 5.59. The highest BCUT2D eigenvalue weighted by molar-refractivity contribution is 5.93. The first kappa shape index (κ1) is 15.8. The number of para-hydroxylation sites is 2. The summed E-state index contributed by atoms with van der Waals surface area (Å²) in [5, 5.41) is 2.84. The molecule has 1 rings (SSSR count). The van der Waals surface area contributed by atoms with Crippen molar-refractivity contribution in [2.24, 2.45) is 5.92 Å². The quantitative estimate of drug-likeness (QED) is 0.793. The van der Waals surface area contributed by atoms with Gasteiger partial charge in [0.25, 0.3) is 0 Å². The topological polar surface area (TPSA) is 55.1 Å². The van der Waals surface area contributed by atoms with E-state index in [-0.39, 0.29) is 18.3 Å². The standard InChI is InChI=1S/C13H20N2O.ClH/c1-3-6-10(2)9-13(16)15-12-8-5-4-7-11(12)14;/h4-5,7-8,10H,3,6,9,14H2,1-2H3,(H,15,16);1H. The molecule has 3 nitrogen and oxygen atoms in total. The molecule has 0 aliphatic carbocycles. The zero-order chi connectivity index (χ0) is 12.0. The Morgan fingerprint density at radius 3 is 2.65 bits per heavy atom. The number of nitrogens with two attached hydrogens (primary N) is 1. The van der Waals surface area contributed by atoms with E-state index in [1.165, 1.54) is 0 Å². The SMILES string of the molecule is CCCC(C)CC(=O)Nc1ccccc1N.Cl. The molecule has 0 radical (unpaired) electrons. The Morgan fingerprint density at radius 1 is 1.41 bits per heavy atom. The van der Waals surface area contributed by atoms with Crippen molar-refractivity contribution >= 4 is 29.7 Å². The molecule has 1 amide bonds. The zero-order valence-electron chi connectivity index (χ0n) is 10.4. The number of amides is 1. The van der Waals surface area contributed by atoms with Crippen LogP contribution in [0.5, 0.6) is 0 Å². The molecule has 4 heteroatoms. The van der Waals surface area contributed by atoms with Crippen LogP contribution in [0.4, 0.5) is 11.4 Å². The lowest BCUT2D eigenvalue weighted by atomic mass is 10.0. The fourth-order valence-corrected chi connectivity index (χ4v) is 1.72. The smallest absolute Gasteiger partial charge is 0.224 e. The van der Waals surface area contributed by atoms with Crippen LogP contribution in [-0.2, 0) is 4.79 Å².